The van der Waals surface area contributed by atoms with Gasteiger partial charge in [-0.05, 0) is 45.7 Å². The summed E-state index contributed by atoms with van der Waals surface area (Å²) in [6.45, 7) is 9.82. The summed E-state index contributed by atoms with van der Waals surface area (Å²) in [5, 5.41) is 0. The van der Waals surface area contributed by atoms with Crippen LogP contribution in [0.4, 0.5) is 0 Å². The van der Waals surface area contributed by atoms with Crippen molar-refractivity contribution < 1.29 is 4.74 Å². The van der Waals surface area contributed by atoms with Crippen LogP contribution in [-0.2, 0) is 4.74 Å². The maximum atomic E-state index is 5.88. The third kappa shape index (κ3) is 2.59. The lowest BCUT2D eigenvalue weighted by Gasteiger charge is -2.43. The van der Waals surface area contributed by atoms with Crippen LogP contribution in [0.15, 0.2) is 35.3 Å². The van der Waals surface area contributed by atoms with E-state index in [9.17, 15) is 0 Å². The minimum absolute atomic E-state index is 0.0208. The van der Waals surface area contributed by atoms with E-state index < -0.39 is 0 Å². The lowest BCUT2D eigenvalue weighted by atomic mass is 9.87. The highest BCUT2D eigenvalue weighted by Gasteiger charge is 2.41. The highest BCUT2D eigenvalue weighted by Crippen LogP contribution is 2.34. The second-order valence-corrected chi connectivity index (χ2v) is 6.95. The number of nitrogens with zero attached hydrogens (tertiary/aromatic N) is 2. The molecule has 3 heteroatoms. The molecule has 1 spiro atoms. The maximum absolute atomic E-state index is 5.88. The standard InChI is InChI=1S/C17H24N2O/c1-16(2,3)19-11-9-17(10-12-19)13-20-15(18-17)14-7-5-4-6-8-14/h4-8H,9-13H2,1-3H3. The summed E-state index contributed by atoms with van der Waals surface area (Å²) in [7, 11) is 0. The maximum Gasteiger partial charge on any atom is 0.216 e. The van der Waals surface area contributed by atoms with Crippen LogP contribution in [0.5, 0.6) is 0 Å². The Kier molecular flexibility index (Phi) is 3.33. The van der Waals surface area contributed by atoms with Crippen LogP contribution in [0.3, 0.4) is 0 Å². The van der Waals surface area contributed by atoms with E-state index in [2.05, 4.69) is 37.8 Å². The van der Waals surface area contributed by atoms with Crippen molar-refractivity contribution in [3.05, 3.63) is 35.9 Å². The first-order valence-electron chi connectivity index (χ1n) is 7.52. The molecule has 20 heavy (non-hydrogen) atoms. The van der Waals surface area contributed by atoms with Gasteiger partial charge in [0, 0.05) is 24.2 Å². The van der Waals surface area contributed by atoms with Gasteiger partial charge in [-0.2, -0.15) is 0 Å². The number of rotatable bonds is 1. The molecule has 1 saturated heterocycles. The number of likely N-dealkylation sites (tertiary alicyclic amines) is 1. The topological polar surface area (TPSA) is 24.8 Å². The number of ether oxygens (including phenoxy) is 1. The summed E-state index contributed by atoms with van der Waals surface area (Å²) < 4.78 is 5.88. The molecule has 0 saturated carbocycles. The Morgan fingerprint density at radius 1 is 1.10 bits per heavy atom. The normalized spacial score (nSPS) is 22.6. The van der Waals surface area contributed by atoms with Crippen molar-refractivity contribution in [3.8, 4) is 0 Å². The predicted molar refractivity (Wildman–Crippen MR) is 82.2 cm³/mol. The third-order valence-electron chi connectivity index (χ3n) is 4.48. The van der Waals surface area contributed by atoms with Gasteiger partial charge in [0.2, 0.25) is 5.90 Å². The number of hydrogen-bond acceptors (Lipinski definition) is 3. The van der Waals surface area contributed by atoms with Gasteiger partial charge in [0.1, 0.15) is 12.1 Å². The molecular formula is C17H24N2O. The number of piperidine rings is 1. The molecule has 0 amide bonds. The molecule has 0 N–H and O–H groups in total. The van der Waals surface area contributed by atoms with Gasteiger partial charge in [0.15, 0.2) is 0 Å². The summed E-state index contributed by atoms with van der Waals surface area (Å²) >= 11 is 0. The quantitative estimate of drug-likeness (QED) is 0.785. The van der Waals surface area contributed by atoms with Gasteiger partial charge >= 0.3 is 0 Å². The molecular weight excluding hydrogens is 248 g/mol. The minimum Gasteiger partial charge on any atom is -0.475 e. The smallest absolute Gasteiger partial charge is 0.216 e. The van der Waals surface area contributed by atoms with Crippen molar-refractivity contribution in [2.75, 3.05) is 19.7 Å². The van der Waals surface area contributed by atoms with Crippen LogP contribution in [0.1, 0.15) is 39.2 Å². The molecule has 0 radical (unpaired) electrons. The van der Waals surface area contributed by atoms with Crippen LogP contribution < -0.4 is 0 Å². The molecule has 2 aliphatic heterocycles. The fourth-order valence-corrected chi connectivity index (χ4v) is 3.06. The molecule has 0 unspecified atom stereocenters. The highest BCUT2D eigenvalue weighted by molar-refractivity contribution is 5.95. The lowest BCUT2D eigenvalue weighted by Crippen LogP contribution is -2.51. The van der Waals surface area contributed by atoms with Crippen molar-refractivity contribution in [1.82, 2.24) is 4.90 Å². The third-order valence-corrected chi connectivity index (χ3v) is 4.48. The van der Waals surface area contributed by atoms with Crippen LogP contribution >= 0.6 is 0 Å². The van der Waals surface area contributed by atoms with Gasteiger partial charge in [-0.15, -0.1) is 0 Å². The van der Waals surface area contributed by atoms with Gasteiger partial charge in [-0.1, -0.05) is 18.2 Å². The average Bonchev–Trinajstić information content (AvgIpc) is 2.83. The monoisotopic (exact) mass is 272 g/mol. The Balaban J connectivity index is 1.73. The van der Waals surface area contributed by atoms with Gasteiger partial charge in [0.05, 0.1) is 0 Å². The zero-order chi connectivity index (χ0) is 14.2. The Labute approximate surface area is 121 Å². The van der Waals surface area contributed by atoms with E-state index in [4.69, 9.17) is 9.73 Å². The van der Waals surface area contributed by atoms with Gasteiger partial charge < -0.3 is 4.74 Å². The fourth-order valence-electron chi connectivity index (χ4n) is 3.06. The molecule has 3 nitrogen and oxygen atoms in total. The van der Waals surface area contributed by atoms with E-state index in [0.717, 1.165) is 44.0 Å². The molecule has 2 aliphatic rings. The van der Waals surface area contributed by atoms with Crippen molar-refractivity contribution >= 4 is 5.90 Å². The molecule has 3 rings (SSSR count). The fraction of sp³-hybridized carbons (Fsp3) is 0.588. The summed E-state index contributed by atoms with van der Waals surface area (Å²) in [4.78, 5) is 7.48. The lowest BCUT2D eigenvalue weighted by molar-refractivity contribution is 0.0675. The van der Waals surface area contributed by atoms with E-state index in [0.29, 0.717) is 0 Å². The molecule has 0 bridgehead atoms. The molecule has 1 aromatic rings. The van der Waals surface area contributed by atoms with Gasteiger partial charge in [0.25, 0.3) is 0 Å². The van der Waals surface area contributed by atoms with E-state index in [1.54, 1.807) is 0 Å². The first-order valence-corrected chi connectivity index (χ1v) is 7.52. The van der Waals surface area contributed by atoms with Crippen LogP contribution in [-0.4, -0.2) is 41.6 Å². The summed E-state index contributed by atoms with van der Waals surface area (Å²) in [5.74, 6) is 0.829. The van der Waals surface area contributed by atoms with E-state index in [1.165, 1.54) is 0 Å². The van der Waals surface area contributed by atoms with Gasteiger partial charge in [-0.25, -0.2) is 4.99 Å². The highest BCUT2D eigenvalue weighted by atomic mass is 16.5. The van der Waals surface area contributed by atoms with E-state index in [1.807, 2.05) is 18.2 Å². The van der Waals surface area contributed by atoms with Crippen molar-refractivity contribution in [2.45, 2.75) is 44.7 Å². The van der Waals surface area contributed by atoms with Crippen molar-refractivity contribution in [3.63, 3.8) is 0 Å². The Morgan fingerprint density at radius 3 is 2.35 bits per heavy atom. The molecule has 0 aliphatic carbocycles. The zero-order valence-electron chi connectivity index (χ0n) is 12.7. The molecule has 1 fully saturated rings. The summed E-state index contributed by atoms with van der Waals surface area (Å²) in [5.41, 5.74) is 1.38. The Hall–Kier alpha value is -1.35. The predicted octanol–water partition coefficient (Wildman–Crippen LogP) is 3.10. The average molecular weight is 272 g/mol. The molecule has 0 atom stereocenters. The number of hydrogen-bond donors (Lipinski definition) is 0. The van der Waals surface area contributed by atoms with Gasteiger partial charge in [-0.3, -0.25) is 4.90 Å². The minimum atomic E-state index is 0.0208. The largest absolute Gasteiger partial charge is 0.475 e. The van der Waals surface area contributed by atoms with E-state index in [-0.39, 0.29) is 11.1 Å². The second kappa shape index (κ2) is 4.88. The SMILES string of the molecule is CC(C)(C)N1CCC2(CC1)COC(c1ccccc1)=N2. The van der Waals surface area contributed by atoms with Crippen LogP contribution in [0, 0.1) is 0 Å². The first-order chi connectivity index (χ1) is 9.49. The van der Waals surface area contributed by atoms with Crippen molar-refractivity contribution in [2.24, 2.45) is 4.99 Å². The zero-order valence-corrected chi connectivity index (χ0v) is 12.7. The first kappa shape index (κ1) is 13.6. The second-order valence-electron chi connectivity index (χ2n) is 6.95. The molecule has 2 heterocycles. The Bertz CT molecular complexity index is 493. The number of benzene rings is 1. The van der Waals surface area contributed by atoms with E-state index >= 15 is 0 Å². The summed E-state index contributed by atoms with van der Waals surface area (Å²) in [6, 6.07) is 10.2. The molecule has 108 valence electrons. The number of aliphatic imine (C=N–C) groups is 1. The summed E-state index contributed by atoms with van der Waals surface area (Å²) in [6.07, 6.45) is 2.20. The Morgan fingerprint density at radius 2 is 1.75 bits per heavy atom. The van der Waals surface area contributed by atoms with Crippen molar-refractivity contribution in [1.29, 1.82) is 0 Å². The van der Waals surface area contributed by atoms with Crippen LogP contribution in [0.2, 0.25) is 0 Å². The molecule has 0 aromatic heterocycles. The molecule has 1 aromatic carbocycles. The van der Waals surface area contributed by atoms with Crippen LogP contribution in [0.25, 0.3) is 0 Å².